The number of cyclic esters (lactones) is 1. The summed E-state index contributed by atoms with van der Waals surface area (Å²) >= 11 is 0. The predicted molar refractivity (Wildman–Crippen MR) is 81.6 cm³/mol. The molecule has 1 aliphatic heterocycles. The van der Waals surface area contributed by atoms with Gasteiger partial charge in [0.15, 0.2) is 0 Å². The van der Waals surface area contributed by atoms with E-state index in [1.165, 1.54) is 0 Å². The lowest BCUT2D eigenvalue weighted by Gasteiger charge is -2.17. The molecule has 116 valence electrons. The average Bonchev–Trinajstić information content (AvgIpc) is 3.13. The first kappa shape index (κ1) is 14.6. The number of anilines is 1. The van der Waals surface area contributed by atoms with Crippen LogP contribution in [0.4, 0.5) is 10.5 Å². The molecule has 3 rings (SSSR count). The van der Waals surface area contributed by atoms with Gasteiger partial charge in [-0.05, 0) is 31.5 Å². The summed E-state index contributed by atoms with van der Waals surface area (Å²) in [6, 6.07) is 8.02. The molecule has 2 aromatic rings. The van der Waals surface area contributed by atoms with E-state index in [0.29, 0.717) is 25.6 Å². The maximum atomic E-state index is 11.6. The van der Waals surface area contributed by atoms with Gasteiger partial charge in [0, 0.05) is 11.7 Å². The van der Waals surface area contributed by atoms with Crippen molar-refractivity contribution in [2.45, 2.75) is 26.4 Å². The molecule has 1 aromatic heterocycles. The number of nitrogens with zero attached hydrogens (tertiary/aromatic N) is 2. The van der Waals surface area contributed by atoms with E-state index in [1.807, 2.05) is 31.2 Å². The number of ether oxygens (including phenoxy) is 1. The van der Waals surface area contributed by atoms with Crippen molar-refractivity contribution < 1.29 is 13.9 Å². The van der Waals surface area contributed by atoms with Crippen LogP contribution < -0.4 is 10.2 Å². The maximum absolute atomic E-state index is 11.6. The van der Waals surface area contributed by atoms with E-state index in [0.717, 1.165) is 17.0 Å². The van der Waals surface area contributed by atoms with Crippen molar-refractivity contribution in [2.24, 2.45) is 0 Å². The minimum atomic E-state index is -0.284. The Kier molecular flexibility index (Phi) is 4.11. The Bertz CT molecular complexity index is 668. The fraction of sp³-hybridized carbons (Fsp3) is 0.375. The number of aromatic nitrogens is 1. The van der Waals surface area contributed by atoms with Gasteiger partial charge in [0.25, 0.3) is 0 Å². The summed E-state index contributed by atoms with van der Waals surface area (Å²) in [5.41, 5.74) is 1.96. The van der Waals surface area contributed by atoms with Crippen LogP contribution in [0.1, 0.15) is 30.2 Å². The minimum Gasteiger partial charge on any atom is -0.447 e. The minimum absolute atomic E-state index is 0.116. The number of carbonyl (C=O) groups is 1. The number of carbonyl (C=O) groups excluding carboxylic acids is 1. The lowest BCUT2D eigenvalue weighted by atomic mass is 10.1. The van der Waals surface area contributed by atoms with Gasteiger partial charge in [-0.2, -0.15) is 0 Å². The molecule has 22 heavy (non-hydrogen) atoms. The molecule has 1 aliphatic rings. The summed E-state index contributed by atoms with van der Waals surface area (Å²) in [4.78, 5) is 17.5. The largest absolute Gasteiger partial charge is 0.447 e. The number of oxazole rings is 1. The Morgan fingerprint density at radius 2 is 2.32 bits per heavy atom. The molecule has 0 aliphatic carbocycles. The zero-order valence-electron chi connectivity index (χ0n) is 12.7. The Morgan fingerprint density at radius 3 is 3.00 bits per heavy atom. The number of nitrogens with one attached hydrogen (secondary N) is 1. The van der Waals surface area contributed by atoms with Gasteiger partial charge >= 0.3 is 6.09 Å². The van der Waals surface area contributed by atoms with Crippen LogP contribution in [0.25, 0.3) is 0 Å². The fourth-order valence-electron chi connectivity index (χ4n) is 2.43. The first-order chi connectivity index (χ1) is 10.6. The molecular formula is C16H19N3O3. The quantitative estimate of drug-likeness (QED) is 0.919. The molecule has 6 heteroatoms. The summed E-state index contributed by atoms with van der Waals surface area (Å²) in [7, 11) is 0. The van der Waals surface area contributed by atoms with Gasteiger partial charge in [-0.1, -0.05) is 12.1 Å². The van der Waals surface area contributed by atoms with Crippen LogP contribution in [-0.4, -0.2) is 24.2 Å². The molecule has 0 unspecified atom stereocenters. The van der Waals surface area contributed by atoms with E-state index in [2.05, 4.69) is 17.2 Å². The highest BCUT2D eigenvalue weighted by Crippen LogP contribution is 2.23. The number of benzene rings is 1. The number of hydrogen-bond acceptors (Lipinski definition) is 5. The molecule has 1 fully saturated rings. The van der Waals surface area contributed by atoms with Crippen molar-refractivity contribution in [3.05, 3.63) is 47.7 Å². The topological polar surface area (TPSA) is 67.6 Å². The van der Waals surface area contributed by atoms with Crippen molar-refractivity contribution in [1.29, 1.82) is 0 Å². The van der Waals surface area contributed by atoms with Gasteiger partial charge in [-0.15, -0.1) is 0 Å². The number of rotatable bonds is 5. The first-order valence-electron chi connectivity index (χ1n) is 7.32. The van der Waals surface area contributed by atoms with Crippen molar-refractivity contribution in [3.63, 3.8) is 0 Å². The van der Waals surface area contributed by atoms with Crippen molar-refractivity contribution in [1.82, 2.24) is 10.3 Å². The molecule has 6 nitrogen and oxygen atoms in total. The van der Waals surface area contributed by atoms with Crippen LogP contribution in [0.2, 0.25) is 0 Å². The number of amides is 1. The first-order valence-corrected chi connectivity index (χ1v) is 7.32. The van der Waals surface area contributed by atoms with E-state index < -0.39 is 0 Å². The van der Waals surface area contributed by atoms with Crippen LogP contribution >= 0.6 is 0 Å². The Morgan fingerprint density at radius 1 is 1.45 bits per heavy atom. The highest BCUT2D eigenvalue weighted by atomic mass is 16.6. The summed E-state index contributed by atoms with van der Waals surface area (Å²) in [6.07, 6.45) is 1.43. The molecule has 0 radical (unpaired) electrons. The molecule has 1 amide bonds. The van der Waals surface area contributed by atoms with Crippen LogP contribution in [0.3, 0.4) is 0 Å². The lowest BCUT2D eigenvalue weighted by Crippen LogP contribution is -2.24. The van der Waals surface area contributed by atoms with E-state index >= 15 is 0 Å². The molecule has 2 heterocycles. The van der Waals surface area contributed by atoms with Crippen LogP contribution in [-0.2, 0) is 11.3 Å². The maximum Gasteiger partial charge on any atom is 0.414 e. The summed E-state index contributed by atoms with van der Waals surface area (Å²) in [6.45, 7) is 5.54. The predicted octanol–water partition coefficient (Wildman–Crippen LogP) is 2.79. The zero-order valence-corrected chi connectivity index (χ0v) is 12.7. The third kappa shape index (κ3) is 3.12. The SMILES string of the molecule is Cc1cnc(CN[C@@H](C)c2cccc(N3CCOC3=O)c2)o1. The normalized spacial score (nSPS) is 15.9. The number of aryl methyl sites for hydroxylation is 1. The highest BCUT2D eigenvalue weighted by molar-refractivity contribution is 5.89. The molecule has 1 aromatic carbocycles. The summed E-state index contributed by atoms with van der Waals surface area (Å²) < 4.78 is 10.4. The van der Waals surface area contributed by atoms with Crippen molar-refractivity contribution in [3.8, 4) is 0 Å². The second-order valence-electron chi connectivity index (χ2n) is 5.33. The van der Waals surface area contributed by atoms with E-state index in [1.54, 1.807) is 11.1 Å². The summed E-state index contributed by atoms with van der Waals surface area (Å²) in [5, 5.41) is 3.37. The summed E-state index contributed by atoms with van der Waals surface area (Å²) in [5.74, 6) is 1.47. The Hall–Kier alpha value is -2.34. The van der Waals surface area contributed by atoms with Gasteiger partial charge in [0.2, 0.25) is 5.89 Å². The molecule has 1 N–H and O–H groups in total. The second-order valence-corrected chi connectivity index (χ2v) is 5.33. The Labute approximate surface area is 129 Å². The van der Waals surface area contributed by atoms with Gasteiger partial charge in [-0.25, -0.2) is 9.78 Å². The van der Waals surface area contributed by atoms with Gasteiger partial charge in [0.1, 0.15) is 12.4 Å². The van der Waals surface area contributed by atoms with E-state index in [-0.39, 0.29) is 12.1 Å². The van der Waals surface area contributed by atoms with Crippen molar-refractivity contribution in [2.75, 3.05) is 18.1 Å². The third-order valence-electron chi connectivity index (χ3n) is 3.67. The monoisotopic (exact) mass is 301 g/mol. The van der Waals surface area contributed by atoms with Crippen LogP contribution in [0.5, 0.6) is 0 Å². The van der Waals surface area contributed by atoms with Crippen LogP contribution in [0.15, 0.2) is 34.9 Å². The van der Waals surface area contributed by atoms with E-state index in [4.69, 9.17) is 9.15 Å². The fourth-order valence-corrected chi connectivity index (χ4v) is 2.43. The van der Waals surface area contributed by atoms with Crippen LogP contribution in [0, 0.1) is 6.92 Å². The zero-order chi connectivity index (χ0) is 15.5. The molecule has 0 saturated carbocycles. The molecule has 1 saturated heterocycles. The molecule has 1 atom stereocenters. The lowest BCUT2D eigenvalue weighted by molar-refractivity contribution is 0.181. The number of hydrogen-bond donors (Lipinski definition) is 1. The molecule has 0 bridgehead atoms. The van der Waals surface area contributed by atoms with Crippen molar-refractivity contribution >= 4 is 11.8 Å². The Balaban J connectivity index is 1.67. The standard InChI is InChI=1S/C16H19N3O3/c1-11-9-18-15(22-11)10-17-12(2)13-4-3-5-14(8-13)19-6-7-21-16(19)20/h3-5,8-9,12,17H,6-7,10H2,1-2H3/t12-/m0/s1. The average molecular weight is 301 g/mol. The second kappa shape index (κ2) is 6.19. The van der Waals surface area contributed by atoms with Gasteiger partial charge in [0.05, 0.1) is 19.3 Å². The molecule has 0 spiro atoms. The van der Waals surface area contributed by atoms with Gasteiger partial charge < -0.3 is 14.5 Å². The highest BCUT2D eigenvalue weighted by Gasteiger charge is 2.23. The van der Waals surface area contributed by atoms with E-state index in [9.17, 15) is 4.79 Å². The third-order valence-corrected chi connectivity index (χ3v) is 3.67. The van der Waals surface area contributed by atoms with Gasteiger partial charge in [-0.3, -0.25) is 4.90 Å². The smallest absolute Gasteiger partial charge is 0.414 e. The molecular weight excluding hydrogens is 282 g/mol.